The number of amidine groups is 1. The third kappa shape index (κ3) is 7.80. The quantitative estimate of drug-likeness (QED) is 0.414. The summed E-state index contributed by atoms with van der Waals surface area (Å²) >= 11 is 8.99. The van der Waals surface area contributed by atoms with Crippen molar-refractivity contribution in [1.29, 1.82) is 0 Å². The molecule has 1 aromatic rings. The van der Waals surface area contributed by atoms with Gasteiger partial charge in [-0.2, -0.15) is 0 Å². The summed E-state index contributed by atoms with van der Waals surface area (Å²) < 4.78 is 4.91. The molecule has 0 spiro atoms. The molecule has 0 aromatic heterocycles. The summed E-state index contributed by atoms with van der Waals surface area (Å²) in [4.78, 5) is 31.0. The van der Waals surface area contributed by atoms with Gasteiger partial charge < -0.3 is 14.7 Å². The Morgan fingerprint density at radius 3 is 2.68 bits per heavy atom. The fourth-order valence-electron chi connectivity index (χ4n) is 3.99. The number of rotatable bonds is 9. The predicted molar refractivity (Wildman–Crippen MR) is 141 cm³/mol. The lowest BCUT2D eigenvalue weighted by atomic mass is 9.86. The van der Waals surface area contributed by atoms with Crippen LogP contribution in [0.3, 0.4) is 0 Å². The average molecular weight is 528 g/mol. The lowest BCUT2D eigenvalue weighted by molar-refractivity contribution is -0.138. The zero-order chi connectivity index (χ0) is 24.7. The first-order valence-electron chi connectivity index (χ1n) is 11.7. The van der Waals surface area contributed by atoms with Crippen molar-refractivity contribution in [3.05, 3.63) is 34.9 Å². The van der Waals surface area contributed by atoms with Gasteiger partial charge in [0.1, 0.15) is 4.75 Å². The summed E-state index contributed by atoms with van der Waals surface area (Å²) in [7, 11) is 0. The van der Waals surface area contributed by atoms with Crippen LogP contribution in [0.1, 0.15) is 52.0 Å². The van der Waals surface area contributed by atoms with Crippen molar-refractivity contribution < 1.29 is 19.4 Å². The van der Waals surface area contributed by atoms with E-state index in [0.717, 1.165) is 31.2 Å². The van der Waals surface area contributed by atoms with E-state index in [2.05, 4.69) is 17.2 Å². The molecule has 34 heavy (non-hydrogen) atoms. The molecule has 188 valence electrons. The van der Waals surface area contributed by atoms with Crippen LogP contribution < -0.4 is 5.32 Å². The molecule has 0 saturated heterocycles. The van der Waals surface area contributed by atoms with Gasteiger partial charge in [0, 0.05) is 17.6 Å². The molecule has 2 aliphatic rings. The van der Waals surface area contributed by atoms with Crippen LogP contribution in [0.4, 0.5) is 4.79 Å². The Morgan fingerprint density at radius 1 is 1.29 bits per heavy atom. The standard InChI is InChI=1S/C24H34ClN3O4S2/c1-16-8-10-18(11-9-16)28(12-13-32-15-17-6-4-5-7-19(17)25)23(31)27-22-26-14-20(33-22)34-24(2,3)21(29)30/h4-7,16,18,20H,8-15H2,1-3H3,(H,29,30)(H,26,27,31). The van der Waals surface area contributed by atoms with Gasteiger partial charge in [0.05, 0.1) is 24.3 Å². The number of carbonyl (C=O) groups excluding carboxylic acids is 1. The van der Waals surface area contributed by atoms with Crippen LogP contribution in [-0.4, -0.2) is 62.2 Å². The number of halogens is 1. The number of hydrogen-bond acceptors (Lipinski definition) is 6. The topological polar surface area (TPSA) is 91.2 Å². The van der Waals surface area contributed by atoms with Crippen LogP contribution in [0, 0.1) is 5.92 Å². The fourth-order valence-corrected chi connectivity index (χ4v) is 6.97. The number of ether oxygens (including phenoxy) is 1. The Hall–Kier alpha value is -1.42. The minimum atomic E-state index is -0.906. The van der Waals surface area contributed by atoms with E-state index in [-0.39, 0.29) is 16.7 Å². The molecule has 1 atom stereocenters. The van der Waals surface area contributed by atoms with Crippen molar-refractivity contribution in [1.82, 2.24) is 10.2 Å². The number of aliphatic carboxylic acids is 1. The second kappa shape index (κ2) is 12.5. The van der Waals surface area contributed by atoms with Crippen LogP contribution in [0.5, 0.6) is 0 Å². The predicted octanol–water partition coefficient (Wildman–Crippen LogP) is 5.47. The maximum atomic E-state index is 13.2. The van der Waals surface area contributed by atoms with Gasteiger partial charge >= 0.3 is 12.0 Å². The highest BCUT2D eigenvalue weighted by atomic mass is 35.5. The maximum Gasteiger partial charge on any atom is 0.323 e. The first-order chi connectivity index (χ1) is 16.2. The normalized spacial score (nSPS) is 22.8. The molecular formula is C24H34ClN3O4S2. The number of carboxylic acids is 1. The number of thioether (sulfide) groups is 2. The van der Waals surface area contributed by atoms with Crippen LogP contribution in [-0.2, 0) is 16.1 Å². The Balaban J connectivity index is 1.54. The Bertz CT molecular complexity index is 891. The molecule has 1 fully saturated rings. The second-order valence-corrected chi connectivity index (χ2v) is 13.0. The zero-order valence-corrected chi connectivity index (χ0v) is 22.3. The van der Waals surface area contributed by atoms with E-state index in [1.165, 1.54) is 23.5 Å². The highest BCUT2D eigenvalue weighted by Crippen LogP contribution is 2.38. The van der Waals surface area contributed by atoms with Crippen molar-refractivity contribution in [2.45, 2.75) is 68.4 Å². The SMILES string of the molecule is CC1CCC(N(CCOCc2ccccc2Cl)C(=O)NC2=NCC(SC(C)(C)C(=O)O)S2)CC1. The smallest absolute Gasteiger partial charge is 0.323 e. The number of nitrogens with zero attached hydrogens (tertiary/aromatic N) is 2. The number of aliphatic imine (C=N–C) groups is 1. The van der Waals surface area contributed by atoms with Crippen molar-refractivity contribution in [2.75, 3.05) is 19.7 Å². The van der Waals surface area contributed by atoms with Gasteiger partial charge in [0.2, 0.25) is 0 Å². The lowest BCUT2D eigenvalue weighted by Crippen LogP contribution is -2.49. The molecule has 3 rings (SSSR count). The van der Waals surface area contributed by atoms with E-state index in [0.29, 0.717) is 42.4 Å². The third-order valence-electron chi connectivity index (χ3n) is 6.16. The van der Waals surface area contributed by atoms with Crippen molar-refractivity contribution in [2.24, 2.45) is 10.9 Å². The molecule has 2 amide bonds. The van der Waals surface area contributed by atoms with E-state index >= 15 is 0 Å². The second-order valence-electron chi connectivity index (χ2n) is 9.31. The van der Waals surface area contributed by atoms with Gasteiger partial charge in [-0.15, -0.1) is 11.8 Å². The van der Waals surface area contributed by atoms with E-state index in [9.17, 15) is 14.7 Å². The molecule has 2 N–H and O–H groups in total. The molecule has 0 bridgehead atoms. The van der Waals surface area contributed by atoms with E-state index in [1.54, 1.807) is 13.8 Å². The van der Waals surface area contributed by atoms with Crippen LogP contribution >= 0.6 is 35.1 Å². The summed E-state index contributed by atoms with van der Waals surface area (Å²) in [6, 6.07) is 7.59. The molecule has 1 unspecified atom stereocenters. The summed E-state index contributed by atoms with van der Waals surface area (Å²) in [6.07, 6.45) is 4.16. The molecule has 7 nitrogen and oxygen atoms in total. The summed E-state index contributed by atoms with van der Waals surface area (Å²) in [5, 5.41) is 13.6. The van der Waals surface area contributed by atoms with Gasteiger partial charge in [-0.25, -0.2) is 4.79 Å². The molecule has 10 heteroatoms. The van der Waals surface area contributed by atoms with Gasteiger partial charge in [-0.05, 0) is 57.1 Å². The number of urea groups is 1. The van der Waals surface area contributed by atoms with Gasteiger partial charge in [-0.1, -0.05) is 48.5 Å². The van der Waals surface area contributed by atoms with E-state index in [1.807, 2.05) is 29.2 Å². The molecule has 1 aliphatic heterocycles. The minimum Gasteiger partial charge on any atom is -0.480 e. The number of carboxylic acid groups (broad SMARTS) is 1. The van der Waals surface area contributed by atoms with Gasteiger partial charge in [0.25, 0.3) is 0 Å². The summed E-state index contributed by atoms with van der Waals surface area (Å²) in [6.45, 7) is 7.40. The highest BCUT2D eigenvalue weighted by molar-refractivity contribution is 8.25. The van der Waals surface area contributed by atoms with Crippen molar-refractivity contribution >= 4 is 52.3 Å². The Labute approximate surface area is 215 Å². The summed E-state index contributed by atoms with van der Waals surface area (Å²) in [5.74, 6) is -0.173. The Kier molecular flexibility index (Phi) is 10.0. The molecule has 0 radical (unpaired) electrons. The lowest BCUT2D eigenvalue weighted by Gasteiger charge is -2.36. The number of carbonyl (C=O) groups is 2. The molecule has 1 heterocycles. The highest BCUT2D eigenvalue weighted by Gasteiger charge is 2.35. The first-order valence-corrected chi connectivity index (χ1v) is 13.8. The monoisotopic (exact) mass is 527 g/mol. The van der Waals surface area contributed by atoms with E-state index < -0.39 is 10.7 Å². The number of nitrogens with one attached hydrogen (secondary N) is 1. The molecular weight excluding hydrogens is 494 g/mol. The largest absolute Gasteiger partial charge is 0.480 e. The van der Waals surface area contributed by atoms with Crippen LogP contribution in [0.25, 0.3) is 0 Å². The maximum absolute atomic E-state index is 13.2. The van der Waals surface area contributed by atoms with Crippen molar-refractivity contribution in [3.63, 3.8) is 0 Å². The minimum absolute atomic E-state index is 0.0377. The average Bonchev–Trinajstić information content (AvgIpc) is 3.21. The Morgan fingerprint density at radius 2 is 2.00 bits per heavy atom. The fraction of sp³-hybridized carbons (Fsp3) is 0.625. The van der Waals surface area contributed by atoms with Crippen LogP contribution in [0.2, 0.25) is 5.02 Å². The van der Waals surface area contributed by atoms with E-state index in [4.69, 9.17) is 16.3 Å². The van der Waals surface area contributed by atoms with Gasteiger partial charge in [0.15, 0.2) is 5.17 Å². The molecule has 1 aliphatic carbocycles. The third-order valence-corrected chi connectivity index (χ3v) is 9.15. The molecule has 1 aromatic carbocycles. The van der Waals surface area contributed by atoms with Gasteiger partial charge in [-0.3, -0.25) is 15.1 Å². The number of benzene rings is 1. The summed E-state index contributed by atoms with van der Waals surface area (Å²) in [5.41, 5.74) is 0.927. The number of hydrogen-bond donors (Lipinski definition) is 2. The van der Waals surface area contributed by atoms with Crippen LogP contribution in [0.15, 0.2) is 29.3 Å². The molecule has 1 saturated carbocycles. The first kappa shape index (κ1) is 27.2. The number of amides is 2. The van der Waals surface area contributed by atoms with Crippen molar-refractivity contribution in [3.8, 4) is 0 Å². The zero-order valence-electron chi connectivity index (χ0n) is 20.0.